The van der Waals surface area contributed by atoms with Crippen LogP contribution in [0.5, 0.6) is 28.7 Å². The van der Waals surface area contributed by atoms with Crippen molar-refractivity contribution in [3.05, 3.63) is 54.1 Å². The zero-order valence-electron chi connectivity index (χ0n) is 15.6. The second-order valence-electron chi connectivity index (χ2n) is 6.09. The van der Waals surface area contributed by atoms with Crippen LogP contribution in [0.3, 0.4) is 0 Å². The Morgan fingerprint density at radius 3 is 2.23 bits per heavy atom. The van der Waals surface area contributed by atoms with Crippen molar-refractivity contribution >= 4 is 0 Å². The molecule has 2 atom stereocenters. The van der Waals surface area contributed by atoms with Gasteiger partial charge in [0.2, 0.25) is 5.75 Å². The quantitative estimate of drug-likeness (QED) is 0.721. The summed E-state index contributed by atoms with van der Waals surface area (Å²) in [7, 11) is 4.78. The topological polar surface area (TPSA) is 46.2 Å². The summed E-state index contributed by atoms with van der Waals surface area (Å²) in [6.45, 7) is 5.77. The minimum Gasteiger partial charge on any atom is -0.493 e. The lowest BCUT2D eigenvalue weighted by Gasteiger charge is -2.33. The molecule has 2 aromatic carbocycles. The largest absolute Gasteiger partial charge is 0.493 e. The second-order valence-corrected chi connectivity index (χ2v) is 6.09. The Bertz CT molecular complexity index is 774. The van der Waals surface area contributed by atoms with Crippen LogP contribution in [0.4, 0.5) is 0 Å². The fourth-order valence-corrected chi connectivity index (χ4v) is 3.13. The zero-order chi connectivity index (χ0) is 18.7. The van der Waals surface area contributed by atoms with Crippen molar-refractivity contribution in [2.45, 2.75) is 25.6 Å². The maximum absolute atomic E-state index is 6.28. The number of rotatable bonds is 6. The van der Waals surface area contributed by atoms with Crippen molar-refractivity contribution in [1.29, 1.82) is 0 Å². The summed E-state index contributed by atoms with van der Waals surface area (Å²) in [4.78, 5) is 0. The molecule has 1 aliphatic heterocycles. The van der Waals surface area contributed by atoms with Gasteiger partial charge in [-0.15, -0.1) is 6.58 Å². The molecule has 0 unspecified atom stereocenters. The van der Waals surface area contributed by atoms with Crippen LogP contribution in [0.25, 0.3) is 0 Å². The van der Waals surface area contributed by atoms with E-state index in [1.807, 2.05) is 43.3 Å². The van der Waals surface area contributed by atoms with E-state index < -0.39 is 0 Å². The molecule has 1 aliphatic rings. The first kappa shape index (κ1) is 18.0. The van der Waals surface area contributed by atoms with Crippen molar-refractivity contribution < 1.29 is 23.7 Å². The normalized spacial score (nSPS) is 18.2. The number of hydrogen-bond donors (Lipinski definition) is 0. The van der Waals surface area contributed by atoms with Gasteiger partial charge in [0.1, 0.15) is 6.10 Å². The molecule has 0 spiro atoms. The molecule has 5 nitrogen and oxygen atoms in total. The van der Waals surface area contributed by atoms with E-state index in [0.717, 1.165) is 29.0 Å². The van der Waals surface area contributed by atoms with Gasteiger partial charge >= 0.3 is 0 Å². The Kier molecular flexibility index (Phi) is 5.26. The van der Waals surface area contributed by atoms with Crippen LogP contribution in [-0.2, 0) is 6.42 Å². The lowest BCUT2D eigenvalue weighted by atomic mass is 10.0. The third kappa shape index (κ3) is 3.29. The van der Waals surface area contributed by atoms with E-state index in [1.165, 1.54) is 0 Å². The molecule has 0 bridgehead atoms. The smallest absolute Gasteiger partial charge is 0.203 e. The molecule has 5 heteroatoms. The predicted octanol–water partition coefficient (Wildman–Crippen LogP) is 4.34. The summed E-state index contributed by atoms with van der Waals surface area (Å²) in [5, 5.41) is 0. The van der Waals surface area contributed by atoms with E-state index in [2.05, 4.69) is 6.58 Å². The van der Waals surface area contributed by atoms with Crippen LogP contribution in [0, 0.1) is 0 Å². The molecule has 0 aromatic heterocycles. The summed E-state index contributed by atoms with van der Waals surface area (Å²) in [5.74, 6) is 3.19. The highest BCUT2D eigenvalue weighted by molar-refractivity contribution is 5.55. The lowest BCUT2D eigenvalue weighted by Crippen LogP contribution is -2.30. The molecule has 0 N–H and O–H groups in total. The fraction of sp³-hybridized carbons (Fsp3) is 0.333. The molecule has 0 saturated heterocycles. The highest BCUT2D eigenvalue weighted by atomic mass is 16.6. The molecule has 26 heavy (non-hydrogen) atoms. The number of methoxy groups -OCH3 is 3. The van der Waals surface area contributed by atoms with Gasteiger partial charge in [0.25, 0.3) is 0 Å². The highest BCUT2D eigenvalue weighted by Gasteiger charge is 2.31. The van der Waals surface area contributed by atoms with Gasteiger partial charge < -0.3 is 23.7 Å². The zero-order valence-corrected chi connectivity index (χ0v) is 15.6. The molecular formula is C21H24O5. The van der Waals surface area contributed by atoms with Crippen LogP contribution in [0.1, 0.15) is 24.2 Å². The molecule has 0 aliphatic carbocycles. The van der Waals surface area contributed by atoms with Crippen LogP contribution in [0.2, 0.25) is 0 Å². The summed E-state index contributed by atoms with van der Waals surface area (Å²) in [5.41, 5.74) is 2.02. The average Bonchev–Trinajstić information content (AvgIpc) is 2.66. The number of ether oxygens (including phenoxy) is 5. The van der Waals surface area contributed by atoms with Gasteiger partial charge in [0, 0.05) is 5.56 Å². The maximum Gasteiger partial charge on any atom is 0.203 e. The van der Waals surface area contributed by atoms with E-state index in [4.69, 9.17) is 23.7 Å². The van der Waals surface area contributed by atoms with Crippen LogP contribution < -0.4 is 23.7 Å². The number of hydrogen-bond acceptors (Lipinski definition) is 5. The average molecular weight is 356 g/mol. The van der Waals surface area contributed by atoms with E-state index >= 15 is 0 Å². The molecule has 0 amide bonds. The first-order valence-corrected chi connectivity index (χ1v) is 8.48. The van der Waals surface area contributed by atoms with Gasteiger partial charge in [-0.3, -0.25) is 0 Å². The first-order valence-electron chi connectivity index (χ1n) is 8.48. The van der Waals surface area contributed by atoms with Gasteiger partial charge in [-0.25, -0.2) is 0 Å². The molecule has 0 saturated carbocycles. The van der Waals surface area contributed by atoms with E-state index in [0.29, 0.717) is 17.2 Å². The third-order valence-electron chi connectivity index (χ3n) is 4.40. The SMILES string of the molecule is C=CCc1ccc2c(c1)O[C@H](c1cc(OC)c(OC)c(OC)c1)[C@@H](C)O2. The van der Waals surface area contributed by atoms with Crippen molar-refractivity contribution in [3.8, 4) is 28.7 Å². The van der Waals surface area contributed by atoms with E-state index in [1.54, 1.807) is 21.3 Å². The Hall–Kier alpha value is -2.82. The molecule has 1 heterocycles. The van der Waals surface area contributed by atoms with Crippen LogP contribution in [-0.4, -0.2) is 27.4 Å². The molecule has 0 fully saturated rings. The third-order valence-corrected chi connectivity index (χ3v) is 4.40. The standard InChI is InChI=1S/C21H24O5/c1-6-7-14-8-9-16-17(10-14)26-20(13(2)25-16)15-11-18(22-3)21(24-5)19(12-15)23-4/h6,8-13,20H,1,7H2,2-5H3/t13-,20+/m1/s1. The van der Waals surface area contributed by atoms with E-state index in [-0.39, 0.29) is 12.2 Å². The van der Waals surface area contributed by atoms with Crippen LogP contribution >= 0.6 is 0 Å². The Balaban J connectivity index is 1.99. The molecule has 3 rings (SSSR count). The predicted molar refractivity (Wildman–Crippen MR) is 99.9 cm³/mol. The monoisotopic (exact) mass is 356 g/mol. The minimum atomic E-state index is -0.296. The first-order chi connectivity index (χ1) is 12.6. The molecule has 2 aromatic rings. The number of fused-ring (bicyclic) bond motifs is 1. The Labute approximate surface area is 154 Å². The molecule has 138 valence electrons. The van der Waals surface area contributed by atoms with Gasteiger partial charge in [0.05, 0.1) is 21.3 Å². The van der Waals surface area contributed by atoms with Gasteiger partial charge in [-0.2, -0.15) is 0 Å². The highest BCUT2D eigenvalue weighted by Crippen LogP contribution is 2.44. The van der Waals surface area contributed by atoms with E-state index in [9.17, 15) is 0 Å². The summed E-state index contributed by atoms with van der Waals surface area (Å²) in [6.07, 6.45) is 2.18. The Morgan fingerprint density at radius 2 is 1.65 bits per heavy atom. The number of allylic oxidation sites excluding steroid dienone is 1. The maximum atomic E-state index is 6.28. The second kappa shape index (κ2) is 7.60. The van der Waals surface area contributed by atoms with Crippen molar-refractivity contribution in [2.24, 2.45) is 0 Å². The van der Waals surface area contributed by atoms with Crippen molar-refractivity contribution in [2.75, 3.05) is 21.3 Å². The summed E-state index contributed by atoms with van der Waals surface area (Å²) < 4.78 is 28.7. The van der Waals surface area contributed by atoms with Crippen molar-refractivity contribution in [3.63, 3.8) is 0 Å². The lowest BCUT2D eigenvalue weighted by molar-refractivity contribution is 0.0303. The fourth-order valence-electron chi connectivity index (χ4n) is 3.13. The molecule has 0 radical (unpaired) electrons. The van der Waals surface area contributed by atoms with Gasteiger partial charge in [-0.05, 0) is 43.2 Å². The van der Waals surface area contributed by atoms with Gasteiger partial charge in [0.15, 0.2) is 29.1 Å². The minimum absolute atomic E-state index is 0.171. The van der Waals surface area contributed by atoms with Crippen LogP contribution in [0.15, 0.2) is 43.0 Å². The molecular weight excluding hydrogens is 332 g/mol. The van der Waals surface area contributed by atoms with Crippen molar-refractivity contribution in [1.82, 2.24) is 0 Å². The number of benzene rings is 2. The Morgan fingerprint density at radius 1 is 0.962 bits per heavy atom. The summed E-state index contributed by atoms with van der Waals surface area (Å²) >= 11 is 0. The van der Waals surface area contributed by atoms with Gasteiger partial charge in [-0.1, -0.05) is 12.1 Å². The summed E-state index contributed by atoms with van der Waals surface area (Å²) in [6, 6.07) is 9.75.